The zero-order valence-electron chi connectivity index (χ0n) is 6.99. The standard InChI is InChI=1S/C7H15.W.Y/c1-6(2)7(3,4)5;;/h1-5H3;;/q-1;;. The molecular weight excluding hydrogens is 357 g/mol. The Kier molecular flexibility index (Phi) is 12.3. The van der Waals surface area contributed by atoms with Crippen LogP contribution in [-0.4, -0.2) is 0 Å². The largest absolute Gasteiger partial charge is 0.314 e. The van der Waals surface area contributed by atoms with E-state index in [-0.39, 0.29) is 53.8 Å². The van der Waals surface area contributed by atoms with Gasteiger partial charge in [-0.15, -0.1) is 0 Å². The Labute approximate surface area is 98.7 Å². The summed E-state index contributed by atoms with van der Waals surface area (Å²) in [6.07, 6.45) is 0. The number of hydrogen-bond acceptors (Lipinski definition) is 0. The predicted octanol–water partition coefficient (Wildman–Crippen LogP) is 2.64. The minimum atomic E-state index is 0. The predicted molar refractivity (Wildman–Crippen MR) is 34.0 cm³/mol. The molecule has 53 valence electrons. The Hall–Kier alpha value is 1.79. The third-order valence-corrected chi connectivity index (χ3v) is 1.50. The molecule has 1 radical (unpaired) electrons. The van der Waals surface area contributed by atoms with E-state index < -0.39 is 0 Å². The van der Waals surface area contributed by atoms with E-state index in [1.165, 1.54) is 5.92 Å². The molecule has 0 heterocycles. The zero-order valence-corrected chi connectivity index (χ0v) is 12.8. The second-order valence-electron chi connectivity index (χ2n) is 3.25. The molecule has 0 amide bonds. The van der Waals surface area contributed by atoms with E-state index >= 15 is 0 Å². The topological polar surface area (TPSA) is 0 Å². The normalized spacial score (nSPS) is 10.0. The Morgan fingerprint density at radius 2 is 1.11 bits per heavy atom. The van der Waals surface area contributed by atoms with Gasteiger partial charge in [-0.3, -0.25) is 0 Å². The van der Waals surface area contributed by atoms with E-state index in [1.54, 1.807) is 0 Å². The van der Waals surface area contributed by atoms with Crippen LogP contribution in [0.5, 0.6) is 0 Å². The molecule has 9 heavy (non-hydrogen) atoms. The van der Waals surface area contributed by atoms with Crippen molar-refractivity contribution in [2.24, 2.45) is 5.41 Å². The van der Waals surface area contributed by atoms with Gasteiger partial charge in [0.2, 0.25) is 0 Å². The molecule has 0 aliphatic heterocycles. The number of rotatable bonds is 0. The molecule has 0 spiro atoms. The van der Waals surface area contributed by atoms with Crippen LogP contribution >= 0.6 is 0 Å². The van der Waals surface area contributed by atoms with Crippen molar-refractivity contribution in [2.75, 3.05) is 0 Å². The van der Waals surface area contributed by atoms with Crippen LogP contribution in [0.2, 0.25) is 0 Å². The molecule has 0 N–H and O–H groups in total. The Bertz CT molecular complexity index is 54.4. The molecule has 0 nitrogen and oxygen atoms in total. The van der Waals surface area contributed by atoms with Gasteiger partial charge >= 0.3 is 0 Å². The van der Waals surface area contributed by atoms with Crippen LogP contribution in [0, 0.1) is 11.3 Å². The summed E-state index contributed by atoms with van der Waals surface area (Å²) in [5.74, 6) is 1.49. The molecule has 0 aliphatic rings. The van der Waals surface area contributed by atoms with E-state index in [0.29, 0.717) is 5.41 Å². The molecule has 0 aromatic heterocycles. The SMILES string of the molecule is C[C-](C)C(C)(C)C.[W].[Y]. The molecule has 0 atom stereocenters. The maximum Gasteiger partial charge on any atom is 0 e. The molecule has 0 bridgehead atoms. The van der Waals surface area contributed by atoms with Crippen LogP contribution in [0.1, 0.15) is 34.6 Å². The van der Waals surface area contributed by atoms with Crippen LogP contribution in [0.3, 0.4) is 0 Å². The molecule has 0 rings (SSSR count). The molecule has 0 aromatic carbocycles. The molecular formula is C7H15WY-. The minimum absolute atomic E-state index is 0. The van der Waals surface area contributed by atoms with Crippen molar-refractivity contribution in [1.29, 1.82) is 0 Å². The zero-order chi connectivity index (χ0) is 6.08. The van der Waals surface area contributed by atoms with Crippen LogP contribution in [0.25, 0.3) is 0 Å². The summed E-state index contributed by atoms with van der Waals surface area (Å²) < 4.78 is 0. The van der Waals surface area contributed by atoms with Gasteiger partial charge in [-0.05, 0) is 0 Å². The van der Waals surface area contributed by atoms with Crippen LogP contribution in [0.15, 0.2) is 0 Å². The summed E-state index contributed by atoms with van der Waals surface area (Å²) in [5, 5.41) is 0. The van der Waals surface area contributed by atoms with Gasteiger partial charge in [0.25, 0.3) is 0 Å². The van der Waals surface area contributed by atoms with Gasteiger partial charge in [-0.1, -0.05) is 20.8 Å². The summed E-state index contributed by atoms with van der Waals surface area (Å²) in [5.41, 5.74) is 0.417. The van der Waals surface area contributed by atoms with Crippen molar-refractivity contribution >= 4 is 0 Å². The van der Waals surface area contributed by atoms with Crippen molar-refractivity contribution in [3.63, 3.8) is 0 Å². The summed E-state index contributed by atoms with van der Waals surface area (Å²) >= 11 is 0. The maximum absolute atomic E-state index is 2.22. The first kappa shape index (κ1) is 17.0. The quantitative estimate of drug-likeness (QED) is 0.574. The first-order valence-electron chi connectivity index (χ1n) is 2.75. The first-order valence-corrected chi connectivity index (χ1v) is 2.75. The Morgan fingerprint density at radius 1 is 1.00 bits per heavy atom. The summed E-state index contributed by atoms with van der Waals surface area (Å²) in [4.78, 5) is 0. The van der Waals surface area contributed by atoms with Crippen molar-refractivity contribution < 1.29 is 53.8 Å². The van der Waals surface area contributed by atoms with Crippen molar-refractivity contribution in [1.82, 2.24) is 0 Å². The Morgan fingerprint density at radius 3 is 1.11 bits per heavy atom. The fourth-order valence-corrected chi connectivity index (χ4v) is 0. The monoisotopic (exact) mass is 372 g/mol. The molecule has 0 aromatic rings. The average Bonchev–Trinajstić information content (AvgIpc) is 1.31. The first-order chi connectivity index (χ1) is 2.94. The van der Waals surface area contributed by atoms with Crippen LogP contribution in [-0.2, 0) is 53.8 Å². The molecule has 0 unspecified atom stereocenters. The van der Waals surface area contributed by atoms with E-state index in [9.17, 15) is 0 Å². The molecule has 0 saturated carbocycles. The fraction of sp³-hybridized carbons (Fsp3) is 0.857. The second kappa shape index (κ2) is 6.50. The summed E-state index contributed by atoms with van der Waals surface area (Å²) in [6.45, 7) is 11.0. The van der Waals surface area contributed by atoms with Crippen molar-refractivity contribution in [3.8, 4) is 0 Å². The third kappa shape index (κ3) is 9.79. The molecule has 0 aliphatic carbocycles. The molecule has 0 saturated heterocycles. The van der Waals surface area contributed by atoms with Crippen LogP contribution < -0.4 is 0 Å². The van der Waals surface area contributed by atoms with Gasteiger partial charge in [-0.25, -0.2) is 0 Å². The number of hydrogen-bond donors (Lipinski definition) is 0. The van der Waals surface area contributed by atoms with Crippen molar-refractivity contribution in [2.45, 2.75) is 34.6 Å². The second-order valence-corrected chi connectivity index (χ2v) is 3.25. The Balaban J connectivity index is -0.000000180. The molecule has 2 heteroatoms. The summed E-state index contributed by atoms with van der Waals surface area (Å²) in [7, 11) is 0. The van der Waals surface area contributed by atoms with Gasteiger partial charge in [0.05, 0.1) is 0 Å². The van der Waals surface area contributed by atoms with E-state index in [1.807, 2.05) is 0 Å². The van der Waals surface area contributed by atoms with E-state index in [0.717, 1.165) is 0 Å². The minimum Gasteiger partial charge on any atom is -0.314 e. The van der Waals surface area contributed by atoms with Crippen LogP contribution in [0.4, 0.5) is 0 Å². The maximum atomic E-state index is 2.22. The summed E-state index contributed by atoms with van der Waals surface area (Å²) in [6, 6.07) is 0. The van der Waals surface area contributed by atoms with Gasteiger partial charge in [0, 0.05) is 53.8 Å². The van der Waals surface area contributed by atoms with Gasteiger partial charge in [0.15, 0.2) is 0 Å². The van der Waals surface area contributed by atoms with E-state index in [4.69, 9.17) is 0 Å². The van der Waals surface area contributed by atoms with Gasteiger partial charge in [-0.2, -0.15) is 19.3 Å². The van der Waals surface area contributed by atoms with Gasteiger partial charge < -0.3 is 5.92 Å². The third-order valence-electron chi connectivity index (χ3n) is 1.50. The van der Waals surface area contributed by atoms with E-state index in [2.05, 4.69) is 34.6 Å². The van der Waals surface area contributed by atoms with Crippen molar-refractivity contribution in [3.05, 3.63) is 5.92 Å². The smallest absolute Gasteiger partial charge is 0 e. The van der Waals surface area contributed by atoms with Gasteiger partial charge in [0.1, 0.15) is 0 Å². The molecule has 0 fully saturated rings. The average molecular weight is 372 g/mol. The fourth-order valence-electron chi connectivity index (χ4n) is 0.